The first-order chi connectivity index (χ1) is 11.7. The molecule has 2 aromatic rings. The molecule has 2 aromatic heterocycles. The number of rotatable bonds is 7. The quantitative estimate of drug-likeness (QED) is 0.765. The third-order valence-electron chi connectivity index (χ3n) is 4.50. The van der Waals surface area contributed by atoms with Crippen LogP contribution in [0.2, 0.25) is 0 Å². The van der Waals surface area contributed by atoms with Crippen LogP contribution >= 0.6 is 0 Å². The van der Waals surface area contributed by atoms with Gasteiger partial charge in [-0.05, 0) is 18.6 Å². The van der Waals surface area contributed by atoms with E-state index in [0.29, 0.717) is 17.7 Å². The van der Waals surface area contributed by atoms with Gasteiger partial charge in [-0.25, -0.2) is 0 Å². The Morgan fingerprint density at radius 2 is 2.12 bits per heavy atom. The second kappa shape index (κ2) is 7.72. The lowest BCUT2D eigenvalue weighted by molar-refractivity contribution is 0.107. The van der Waals surface area contributed by atoms with Crippen molar-refractivity contribution in [3.05, 3.63) is 35.8 Å². The average Bonchev–Trinajstić information content (AvgIpc) is 3.19. The fraction of sp³-hybridized carbons (Fsp3) is 0.588. The molecule has 2 atom stereocenters. The molecule has 0 aliphatic carbocycles. The third kappa shape index (κ3) is 3.91. The van der Waals surface area contributed by atoms with E-state index < -0.39 is 0 Å². The predicted molar refractivity (Wildman–Crippen MR) is 89.8 cm³/mol. The Balaban J connectivity index is 1.68. The molecule has 130 valence electrons. The Bertz CT molecular complexity index is 643. The average molecular weight is 331 g/mol. The lowest BCUT2D eigenvalue weighted by Gasteiger charge is -2.16. The summed E-state index contributed by atoms with van der Waals surface area (Å²) in [6.07, 6.45) is 4.08. The molecular formula is C17H25N5O2. The topological polar surface area (TPSA) is 65.3 Å². The van der Waals surface area contributed by atoms with E-state index in [-0.39, 0.29) is 0 Å². The van der Waals surface area contributed by atoms with E-state index in [1.807, 2.05) is 37.0 Å². The summed E-state index contributed by atoms with van der Waals surface area (Å²) in [7, 11) is 3.56. The van der Waals surface area contributed by atoms with Gasteiger partial charge in [-0.3, -0.25) is 9.58 Å². The lowest BCUT2D eigenvalue weighted by Crippen LogP contribution is -2.22. The van der Waals surface area contributed by atoms with Gasteiger partial charge in [0.05, 0.1) is 25.6 Å². The van der Waals surface area contributed by atoms with Gasteiger partial charge in [0.15, 0.2) is 0 Å². The minimum absolute atomic E-state index is 0.441. The molecule has 1 aliphatic heterocycles. The zero-order chi connectivity index (χ0) is 16.9. The molecular weight excluding hydrogens is 306 g/mol. The van der Waals surface area contributed by atoms with Crippen molar-refractivity contribution in [2.24, 2.45) is 13.0 Å². The van der Waals surface area contributed by atoms with Crippen LogP contribution in [-0.2, 0) is 18.3 Å². The second-order valence-electron chi connectivity index (χ2n) is 6.23. The minimum Gasteiger partial charge on any atom is -0.480 e. The van der Waals surface area contributed by atoms with Crippen molar-refractivity contribution in [2.45, 2.75) is 19.4 Å². The van der Waals surface area contributed by atoms with Crippen molar-refractivity contribution >= 4 is 0 Å². The fourth-order valence-corrected chi connectivity index (χ4v) is 3.31. The number of aryl methyl sites for hydroxylation is 1. The summed E-state index contributed by atoms with van der Waals surface area (Å²) >= 11 is 0. The first kappa shape index (κ1) is 16.9. The monoisotopic (exact) mass is 331 g/mol. The van der Waals surface area contributed by atoms with E-state index in [1.165, 1.54) is 5.56 Å². The molecule has 3 rings (SSSR count). The van der Waals surface area contributed by atoms with E-state index in [9.17, 15) is 0 Å². The third-order valence-corrected chi connectivity index (χ3v) is 4.50. The van der Waals surface area contributed by atoms with Crippen molar-refractivity contribution in [2.75, 3.05) is 33.4 Å². The van der Waals surface area contributed by atoms with Gasteiger partial charge in [-0.2, -0.15) is 10.2 Å². The van der Waals surface area contributed by atoms with E-state index in [2.05, 4.69) is 26.4 Å². The molecule has 7 heteroatoms. The Kier molecular flexibility index (Phi) is 5.42. The maximum atomic E-state index is 5.71. The van der Waals surface area contributed by atoms with Gasteiger partial charge in [-0.1, -0.05) is 0 Å². The van der Waals surface area contributed by atoms with E-state index >= 15 is 0 Å². The van der Waals surface area contributed by atoms with Gasteiger partial charge in [0, 0.05) is 57.4 Å². The maximum absolute atomic E-state index is 5.71. The molecule has 24 heavy (non-hydrogen) atoms. The summed E-state index contributed by atoms with van der Waals surface area (Å²) in [5.41, 5.74) is 2.24. The Labute approximate surface area is 142 Å². The first-order valence-corrected chi connectivity index (χ1v) is 8.34. The zero-order valence-electron chi connectivity index (χ0n) is 14.6. The SMILES string of the molecule is CCOC[C@@H]1CN(Cc2ccc(OC)nn2)C[C@H]1c1cnn(C)c1. The highest BCUT2D eigenvalue weighted by Crippen LogP contribution is 2.33. The molecule has 0 aromatic carbocycles. The smallest absolute Gasteiger partial charge is 0.233 e. The second-order valence-corrected chi connectivity index (χ2v) is 6.23. The van der Waals surface area contributed by atoms with Gasteiger partial charge in [0.25, 0.3) is 0 Å². The number of nitrogens with zero attached hydrogens (tertiary/aromatic N) is 5. The van der Waals surface area contributed by atoms with Gasteiger partial charge < -0.3 is 9.47 Å². The number of likely N-dealkylation sites (tertiary alicyclic amines) is 1. The molecule has 1 fully saturated rings. The number of aromatic nitrogens is 4. The van der Waals surface area contributed by atoms with Crippen molar-refractivity contribution < 1.29 is 9.47 Å². The number of ether oxygens (including phenoxy) is 2. The van der Waals surface area contributed by atoms with Gasteiger partial charge in [-0.15, -0.1) is 5.10 Å². The van der Waals surface area contributed by atoms with Gasteiger partial charge in [0.2, 0.25) is 5.88 Å². The summed E-state index contributed by atoms with van der Waals surface area (Å²) in [6.45, 7) is 6.33. The van der Waals surface area contributed by atoms with Crippen molar-refractivity contribution in [3.63, 3.8) is 0 Å². The molecule has 0 N–H and O–H groups in total. The minimum atomic E-state index is 0.441. The standard InChI is InChI=1S/C17H25N5O2/c1-4-24-12-14-9-22(10-15-5-6-17(23-3)20-19-15)11-16(14)13-7-18-21(2)8-13/h5-8,14,16H,4,9-12H2,1-3H3/t14-,16-/m0/s1. The Morgan fingerprint density at radius 1 is 1.25 bits per heavy atom. The van der Waals surface area contributed by atoms with Crippen LogP contribution in [0.4, 0.5) is 0 Å². The van der Waals surface area contributed by atoms with Crippen LogP contribution in [0.3, 0.4) is 0 Å². The molecule has 0 spiro atoms. The highest BCUT2D eigenvalue weighted by atomic mass is 16.5. The molecule has 0 radical (unpaired) electrons. The maximum Gasteiger partial charge on any atom is 0.233 e. The van der Waals surface area contributed by atoms with Gasteiger partial charge >= 0.3 is 0 Å². The van der Waals surface area contributed by atoms with Crippen molar-refractivity contribution in [1.29, 1.82) is 0 Å². The Morgan fingerprint density at radius 3 is 2.75 bits per heavy atom. The van der Waals surface area contributed by atoms with Crippen LogP contribution in [0.15, 0.2) is 24.5 Å². The van der Waals surface area contributed by atoms with Crippen LogP contribution in [0.1, 0.15) is 24.1 Å². The molecule has 3 heterocycles. The summed E-state index contributed by atoms with van der Waals surface area (Å²) in [5, 5.41) is 12.6. The molecule has 0 saturated carbocycles. The molecule has 1 saturated heterocycles. The predicted octanol–water partition coefficient (Wildman–Crippen LogP) is 1.47. The molecule has 1 aliphatic rings. The number of methoxy groups -OCH3 is 1. The van der Waals surface area contributed by atoms with E-state index in [1.54, 1.807) is 7.11 Å². The Hall–Kier alpha value is -1.99. The fourth-order valence-electron chi connectivity index (χ4n) is 3.31. The van der Waals surface area contributed by atoms with Crippen LogP contribution in [0.5, 0.6) is 5.88 Å². The largest absolute Gasteiger partial charge is 0.480 e. The normalized spacial score (nSPS) is 21.3. The zero-order valence-corrected chi connectivity index (χ0v) is 14.6. The van der Waals surface area contributed by atoms with Gasteiger partial charge in [0.1, 0.15) is 0 Å². The van der Waals surface area contributed by atoms with Crippen LogP contribution in [0, 0.1) is 5.92 Å². The van der Waals surface area contributed by atoms with E-state index in [0.717, 1.165) is 38.5 Å². The van der Waals surface area contributed by atoms with E-state index in [4.69, 9.17) is 9.47 Å². The summed E-state index contributed by atoms with van der Waals surface area (Å²) in [5.74, 6) is 1.46. The van der Waals surface area contributed by atoms with Crippen molar-refractivity contribution in [3.8, 4) is 5.88 Å². The van der Waals surface area contributed by atoms with Crippen LogP contribution in [-0.4, -0.2) is 58.3 Å². The highest BCUT2D eigenvalue weighted by molar-refractivity contribution is 5.17. The summed E-state index contributed by atoms with van der Waals surface area (Å²) in [4.78, 5) is 2.41. The first-order valence-electron chi connectivity index (χ1n) is 8.34. The molecule has 0 amide bonds. The molecule has 0 unspecified atom stereocenters. The van der Waals surface area contributed by atoms with Crippen LogP contribution in [0.25, 0.3) is 0 Å². The van der Waals surface area contributed by atoms with Crippen LogP contribution < -0.4 is 4.74 Å². The van der Waals surface area contributed by atoms with Crippen molar-refractivity contribution in [1.82, 2.24) is 24.9 Å². The molecule has 7 nitrogen and oxygen atoms in total. The lowest BCUT2D eigenvalue weighted by atomic mass is 9.92. The summed E-state index contributed by atoms with van der Waals surface area (Å²) < 4.78 is 12.6. The summed E-state index contributed by atoms with van der Waals surface area (Å²) in [6, 6.07) is 3.83. The highest BCUT2D eigenvalue weighted by Gasteiger charge is 2.34. The number of hydrogen-bond acceptors (Lipinski definition) is 6. The molecule has 0 bridgehead atoms. The number of hydrogen-bond donors (Lipinski definition) is 0.